The molecule has 9 heteroatoms. The van der Waals surface area contributed by atoms with Crippen molar-refractivity contribution in [2.24, 2.45) is 0 Å². The van der Waals surface area contributed by atoms with E-state index < -0.39 is 5.82 Å². The van der Waals surface area contributed by atoms with Crippen molar-refractivity contribution >= 4 is 35.0 Å². The SMILES string of the molecule is Nc1cc(F)ccc1NC(=O)c1ccc(N2CCN(C(=O)/C=C/c3ccc4c(c3)OCO4)CC2)cc1. The van der Waals surface area contributed by atoms with Crippen LogP contribution in [0.5, 0.6) is 11.5 Å². The van der Waals surface area contributed by atoms with Crippen molar-refractivity contribution < 1.29 is 23.5 Å². The summed E-state index contributed by atoms with van der Waals surface area (Å²) >= 11 is 0. The van der Waals surface area contributed by atoms with Gasteiger partial charge in [-0.05, 0) is 66.2 Å². The second-order valence-electron chi connectivity index (χ2n) is 8.49. The van der Waals surface area contributed by atoms with E-state index >= 15 is 0 Å². The van der Waals surface area contributed by atoms with Gasteiger partial charge in [-0.25, -0.2) is 4.39 Å². The molecular formula is C27H25FN4O4. The van der Waals surface area contributed by atoms with E-state index in [9.17, 15) is 14.0 Å². The molecule has 2 aliphatic heterocycles. The van der Waals surface area contributed by atoms with E-state index in [0.29, 0.717) is 48.9 Å². The van der Waals surface area contributed by atoms with Crippen LogP contribution in [-0.2, 0) is 4.79 Å². The number of nitrogen functional groups attached to an aromatic ring is 1. The molecule has 184 valence electrons. The predicted octanol–water partition coefficient (Wildman–Crippen LogP) is 3.75. The average Bonchev–Trinajstić information content (AvgIpc) is 3.37. The number of rotatable bonds is 5. The number of benzene rings is 3. The number of hydrogen-bond acceptors (Lipinski definition) is 6. The first kappa shape index (κ1) is 23.2. The number of hydrogen-bond donors (Lipinski definition) is 2. The molecule has 0 aliphatic carbocycles. The van der Waals surface area contributed by atoms with Gasteiger partial charge < -0.3 is 30.3 Å². The summed E-state index contributed by atoms with van der Waals surface area (Å²) in [5.41, 5.74) is 8.60. The fraction of sp³-hybridized carbons (Fsp3) is 0.185. The van der Waals surface area contributed by atoms with Crippen LogP contribution >= 0.6 is 0 Å². The Morgan fingerprint density at radius 3 is 2.42 bits per heavy atom. The van der Waals surface area contributed by atoms with E-state index in [1.807, 2.05) is 35.2 Å². The van der Waals surface area contributed by atoms with E-state index in [0.717, 1.165) is 17.3 Å². The summed E-state index contributed by atoms with van der Waals surface area (Å²) in [6.07, 6.45) is 3.36. The largest absolute Gasteiger partial charge is 0.454 e. The van der Waals surface area contributed by atoms with Crippen LogP contribution in [-0.4, -0.2) is 49.7 Å². The lowest BCUT2D eigenvalue weighted by Gasteiger charge is -2.35. The lowest BCUT2D eigenvalue weighted by Crippen LogP contribution is -2.48. The molecule has 8 nitrogen and oxygen atoms in total. The molecule has 0 spiro atoms. The number of carbonyl (C=O) groups is 2. The van der Waals surface area contributed by atoms with Crippen molar-refractivity contribution in [2.75, 3.05) is 48.9 Å². The molecule has 0 atom stereocenters. The molecule has 0 aromatic heterocycles. The summed E-state index contributed by atoms with van der Waals surface area (Å²) in [4.78, 5) is 29.2. The molecule has 2 heterocycles. The molecule has 2 amide bonds. The first-order valence-corrected chi connectivity index (χ1v) is 11.5. The Bertz CT molecular complexity index is 1320. The molecule has 3 N–H and O–H groups in total. The van der Waals surface area contributed by atoms with E-state index in [4.69, 9.17) is 15.2 Å². The summed E-state index contributed by atoms with van der Waals surface area (Å²) in [7, 11) is 0. The Balaban J connectivity index is 1.14. The van der Waals surface area contributed by atoms with Gasteiger partial charge in [0.2, 0.25) is 12.7 Å². The first-order valence-electron chi connectivity index (χ1n) is 11.5. The molecular weight excluding hydrogens is 463 g/mol. The zero-order chi connectivity index (χ0) is 25.1. The molecule has 0 saturated carbocycles. The zero-order valence-corrected chi connectivity index (χ0v) is 19.4. The second kappa shape index (κ2) is 9.99. The number of ether oxygens (including phenoxy) is 2. The summed E-state index contributed by atoms with van der Waals surface area (Å²) in [5.74, 6) is 0.559. The van der Waals surface area contributed by atoms with E-state index in [2.05, 4.69) is 10.2 Å². The standard InChI is InChI=1S/C27H25FN4O4/c28-20-5-8-23(22(29)16-20)30-27(34)19-3-6-21(7-4-19)31-11-13-32(14-12-31)26(33)10-2-18-1-9-24-25(15-18)36-17-35-24/h1-10,15-16H,11-14,17,29H2,(H,30,34)/b10-2+. The number of nitrogens with one attached hydrogen (secondary N) is 1. The third-order valence-electron chi connectivity index (χ3n) is 6.16. The number of nitrogens with zero attached hydrogens (tertiary/aromatic N) is 2. The number of anilines is 3. The summed E-state index contributed by atoms with van der Waals surface area (Å²) in [6.45, 7) is 2.77. The van der Waals surface area contributed by atoms with Crippen LogP contribution in [0.4, 0.5) is 21.5 Å². The Hall–Kier alpha value is -4.53. The van der Waals surface area contributed by atoms with E-state index in [1.54, 1.807) is 24.3 Å². The fourth-order valence-corrected chi connectivity index (χ4v) is 4.14. The number of carbonyl (C=O) groups excluding carboxylic acids is 2. The first-order chi connectivity index (χ1) is 17.5. The van der Waals surface area contributed by atoms with Crippen LogP contribution in [0.3, 0.4) is 0 Å². The Morgan fingerprint density at radius 1 is 0.917 bits per heavy atom. The molecule has 0 radical (unpaired) electrons. The minimum absolute atomic E-state index is 0.0422. The smallest absolute Gasteiger partial charge is 0.255 e. The summed E-state index contributed by atoms with van der Waals surface area (Å²) in [6, 6.07) is 16.6. The van der Waals surface area contributed by atoms with Gasteiger partial charge in [0.05, 0.1) is 11.4 Å². The maximum absolute atomic E-state index is 13.2. The van der Waals surface area contributed by atoms with Crippen molar-refractivity contribution in [3.05, 3.63) is 83.7 Å². The maximum atomic E-state index is 13.2. The number of nitrogens with two attached hydrogens (primary N) is 1. The van der Waals surface area contributed by atoms with Crippen LogP contribution in [0.15, 0.2) is 66.7 Å². The quantitative estimate of drug-likeness (QED) is 0.420. The number of fused-ring (bicyclic) bond motifs is 1. The molecule has 0 unspecified atom stereocenters. The molecule has 2 aliphatic rings. The third kappa shape index (κ3) is 5.10. The maximum Gasteiger partial charge on any atom is 0.255 e. The number of amides is 2. The molecule has 5 rings (SSSR count). The Kier molecular flexibility index (Phi) is 6.44. The average molecular weight is 489 g/mol. The van der Waals surface area contributed by atoms with Gasteiger partial charge >= 0.3 is 0 Å². The van der Waals surface area contributed by atoms with Gasteiger partial charge in [-0.1, -0.05) is 6.07 Å². The molecule has 1 fully saturated rings. The summed E-state index contributed by atoms with van der Waals surface area (Å²) < 4.78 is 23.9. The third-order valence-corrected chi connectivity index (χ3v) is 6.16. The van der Waals surface area contributed by atoms with Gasteiger partial charge in [-0.3, -0.25) is 9.59 Å². The van der Waals surface area contributed by atoms with Gasteiger partial charge in [0.25, 0.3) is 5.91 Å². The second-order valence-corrected chi connectivity index (χ2v) is 8.49. The van der Waals surface area contributed by atoms with Gasteiger partial charge in [0.1, 0.15) is 5.82 Å². The minimum Gasteiger partial charge on any atom is -0.454 e. The predicted molar refractivity (Wildman–Crippen MR) is 136 cm³/mol. The lowest BCUT2D eigenvalue weighted by atomic mass is 10.1. The summed E-state index contributed by atoms with van der Waals surface area (Å²) in [5, 5.41) is 2.70. The van der Waals surface area contributed by atoms with Crippen molar-refractivity contribution in [3.63, 3.8) is 0 Å². The highest BCUT2D eigenvalue weighted by Gasteiger charge is 2.20. The van der Waals surface area contributed by atoms with E-state index in [1.165, 1.54) is 12.1 Å². The highest BCUT2D eigenvalue weighted by Crippen LogP contribution is 2.32. The van der Waals surface area contributed by atoms with Gasteiger partial charge in [-0.2, -0.15) is 0 Å². The normalized spacial score (nSPS) is 14.8. The van der Waals surface area contributed by atoms with Crippen molar-refractivity contribution in [1.82, 2.24) is 4.90 Å². The number of halogens is 1. The van der Waals surface area contributed by atoms with Crippen LogP contribution in [0.1, 0.15) is 15.9 Å². The molecule has 3 aromatic rings. The Labute approximate surface area is 207 Å². The highest BCUT2D eigenvalue weighted by atomic mass is 19.1. The highest BCUT2D eigenvalue weighted by molar-refractivity contribution is 6.05. The van der Waals surface area contributed by atoms with Crippen molar-refractivity contribution in [2.45, 2.75) is 0 Å². The Morgan fingerprint density at radius 2 is 1.67 bits per heavy atom. The fourth-order valence-electron chi connectivity index (χ4n) is 4.14. The van der Waals surface area contributed by atoms with Crippen molar-refractivity contribution in [1.29, 1.82) is 0 Å². The van der Waals surface area contributed by atoms with Gasteiger partial charge in [-0.15, -0.1) is 0 Å². The van der Waals surface area contributed by atoms with Crippen molar-refractivity contribution in [3.8, 4) is 11.5 Å². The van der Waals surface area contributed by atoms with Crippen LogP contribution in [0, 0.1) is 5.82 Å². The monoisotopic (exact) mass is 488 g/mol. The number of piperazine rings is 1. The molecule has 36 heavy (non-hydrogen) atoms. The van der Waals surface area contributed by atoms with Crippen LogP contribution in [0.2, 0.25) is 0 Å². The topological polar surface area (TPSA) is 97.1 Å². The van der Waals surface area contributed by atoms with E-state index in [-0.39, 0.29) is 24.3 Å². The van der Waals surface area contributed by atoms with Gasteiger partial charge in [0.15, 0.2) is 11.5 Å². The molecule has 1 saturated heterocycles. The van der Waals surface area contributed by atoms with Gasteiger partial charge in [0, 0.05) is 43.5 Å². The molecule has 3 aromatic carbocycles. The van der Waals surface area contributed by atoms with Crippen LogP contribution < -0.4 is 25.4 Å². The lowest BCUT2D eigenvalue weighted by molar-refractivity contribution is -0.126. The molecule has 0 bridgehead atoms. The van der Waals surface area contributed by atoms with Crippen LogP contribution in [0.25, 0.3) is 6.08 Å². The zero-order valence-electron chi connectivity index (χ0n) is 19.4. The minimum atomic E-state index is -0.461.